The number of thiophene rings is 1. The fraction of sp³-hybridized carbons (Fsp3) is 0.208. The van der Waals surface area contributed by atoms with E-state index >= 15 is 0 Å². The highest BCUT2D eigenvalue weighted by Gasteiger charge is 2.28. The molecular weight excluding hydrogens is 458 g/mol. The highest BCUT2D eigenvalue weighted by Crippen LogP contribution is 2.48. The molecule has 32 heavy (non-hydrogen) atoms. The van der Waals surface area contributed by atoms with Gasteiger partial charge in [-0.15, -0.1) is 11.3 Å². The van der Waals surface area contributed by atoms with Crippen molar-refractivity contribution in [2.75, 3.05) is 10.7 Å². The maximum absolute atomic E-state index is 13.4. The van der Waals surface area contributed by atoms with E-state index in [1.54, 1.807) is 28.0 Å². The quantitative estimate of drug-likeness (QED) is 0.299. The van der Waals surface area contributed by atoms with Crippen LogP contribution >= 0.6 is 34.9 Å². The summed E-state index contributed by atoms with van der Waals surface area (Å²) in [5, 5.41) is 1.25. The van der Waals surface area contributed by atoms with Crippen LogP contribution in [0, 0.1) is 0 Å². The number of anilines is 2. The Labute approximate surface area is 197 Å². The molecule has 0 spiro atoms. The zero-order valence-corrected chi connectivity index (χ0v) is 19.5. The van der Waals surface area contributed by atoms with Crippen LogP contribution in [-0.4, -0.2) is 21.6 Å². The van der Waals surface area contributed by atoms with E-state index in [2.05, 4.69) is 4.98 Å². The minimum Gasteiger partial charge on any atom is -0.301 e. The third kappa shape index (κ3) is 3.37. The standard InChI is InChI=1S/C24H19N3O2S3/c28-20(27-15-8-2-5-11-18(15)31-19-12-6-3-9-16(19)27)13-30-24-25-22(29)21-14-7-1-4-10-17(14)32-23(21)26-24/h2-3,5-6,8-9,11-12H,1,4,7,10,13H2,(H,25,26,29). The number of fused-ring (bicyclic) bond motifs is 5. The van der Waals surface area contributed by atoms with Crippen LogP contribution in [0.3, 0.4) is 0 Å². The second-order valence-corrected chi connectivity index (χ2v) is 10.9. The van der Waals surface area contributed by atoms with Gasteiger partial charge in [-0.2, -0.15) is 0 Å². The van der Waals surface area contributed by atoms with Crippen molar-refractivity contribution in [2.24, 2.45) is 0 Å². The van der Waals surface area contributed by atoms with Gasteiger partial charge in [-0.05, 0) is 55.5 Å². The second kappa shape index (κ2) is 8.10. The molecule has 0 bridgehead atoms. The third-order valence-corrected chi connectivity index (χ3v) is 8.99. The van der Waals surface area contributed by atoms with Crippen LogP contribution in [0.1, 0.15) is 23.3 Å². The van der Waals surface area contributed by atoms with Gasteiger partial charge in [-0.25, -0.2) is 4.98 Å². The van der Waals surface area contributed by atoms with Gasteiger partial charge in [0.25, 0.3) is 5.56 Å². The predicted molar refractivity (Wildman–Crippen MR) is 132 cm³/mol. The largest absolute Gasteiger partial charge is 0.301 e. The normalized spacial score (nSPS) is 14.7. The number of H-pyrrole nitrogens is 1. The molecule has 0 fully saturated rings. The molecule has 0 radical (unpaired) electrons. The number of rotatable bonds is 3. The minimum atomic E-state index is -0.0885. The number of hydrogen-bond donors (Lipinski definition) is 1. The molecule has 0 saturated carbocycles. The van der Waals surface area contributed by atoms with Gasteiger partial charge in [0.15, 0.2) is 5.16 Å². The molecule has 3 heterocycles. The lowest BCUT2D eigenvalue weighted by Gasteiger charge is -2.30. The van der Waals surface area contributed by atoms with Gasteiger partial charge < -0.3 is 4.98 Å². The number of aromatic nitrogens is 2. The molecule has 8 heteroatoms. The summed E-state index contributed by atoms with van der Waals surface area (Å²) >= 11 is 4.59. The summed E-state index contributed by atoms with van der Waals surface area (Å²) in [6, 6.07) is 15.9. The maximum atomic E-state index is 13.4. The molecule has 5 nitrogen and oxygen atoms in total. The molecule has 2 aromatic heterocycles. The summed E-state index contributed by atoms with van der Waals surface area (Å²) in [5.74, 6) is 0.149. The molecule has 1 aliphatic carbocycles. The Kier molecular flexibility index (Phi) is 5.08. The van der Waals surface area contributed by atoms with Crippen molar-refractivity contribution in [2.45, 2.75) is 40.6 Å². The zero-order valence-electron chi connectivity index (χ0n) is 17.1. The minimum absolute atomic E-state index is 0.0385. The zero-order chi connectivity index (χ0) is 21.7. The number of aryl methyl sites for hydroxylation is 2. The summed E-state index contributed by atoms with van der Waals surface area (Å²) in [7, 11) is 0. The summed E-state index contributed by atoms with van der Waals surface area (Å²) in [4.78, 5) is 39.8. The highest BCUT2D eigenvalue weighted by molar-refractivity contribution is 8.00. The number of thioether (sulfide) groups is 1. The number of carbonyl (C=O) groups excluding carboxylic acids is 1. The highest BCUT2D eigenvalue weighted by atomic mass is 32.2. The van der Waals surface area contributed by atoms with Crippen LogP contribution in [0.5, 0.6) is 0 Å². The Morgan fingerprint density at radius 2 is 1.72 bits per heavy atom. The number of nitrogens with zero attached hydrogens (tertiary/aromatic N) is 2. The lowest BCUT2D eigenvalue weighted by molar-refractivity contribution is -0.115. The van der Waals surface area contributed by atoms with Crippen LogP contribution < -0.4 is 10.5 Å². The number of hydrogen-bond acceptors (Lipinski definition) is 6. The Morgan fingerprint density at radius 1 is 1.03 bits per heavy atom. The first kappa shape index (κ1) is 20.1. The lowest BCUT2D eigenvalue weighted by atomic mass is 9.97. The van der Waals surface area contributed by atoms with E-state index in [1.807, 2.05) is 48.5 Å². The molecule has 0 saturated heterocycles. The Balaban J connectivity index is 1.30. The van der Waals surface area contributed by atoms with Gasteiger partial charge in [0.2, 0.25) is 5.91 Å². The van der Waals surface area contributed by atoms with Gasteiger partial charge in [0.05, 0.1) is 22.5 Å². The number of amides is 1. The SMILES string of the molecule is O=C(CSc1nc2sc3c(c2c(=O)[nH]1)CCCC3)N1c2ccccc2Sc2ccccc21. The molecular formula is C24H19N3O2S3. The van der Waals surface area contributed by atoms with Crippen molar-refractivity contribution in [1.29, 1.82) is 0 Å². The van der Waals surface area contributed by atoms with Crippen molar-refractivity contribution < 1.29 is 4.79 Å². The summed E-state index contributed by atoms with van der Waals surface area (Å²) in [6.07, 6.45) is 4.28. The van der Waals surface area contributed by atoms with Crippen LogP contribution in [0.25, 0.3) is 10.2 Å². The number of benzene rings is 2. The fourth-order valence-electron chi connectivity index (χ4n) is 4.38. The molecule has 0 atom stereocenters. The maximum Gasteiger partial charge on any atom is 0.260 e. The molecule has 1 N–H and O–H groups in total. The van der Waals surface area contributed by atoms with E-state index < -0.39 is 0 Å². The average Bonchev–Trinajstić information content (AvgIpc) is 3.20. The van der Waals surface area contributed by atoms with E-state index in [0.29, 0.717) is 5.16 Å². The van der Waals surface area contributed by atoms with Gasteiger partial charge >= 0.3 is 0 Å². The first-order valence-corrected chi connectivity index (χ1v) is 13.2. The van der Waals surface area contributed by atoms with Crippen molar-refractivity contribution in [3.05, 3.63) is 69.3 Å². The second-order valence-electron chi connectivity index (χ2n) is 7.82. The van der Waals surface area contributed by atoms with Gasteiger partial charge in [-0.1, -0.05) is 47.8 Å². The number of nitrogens with one attached hydrogen (secondary N) is 1. The molecule has 2 aliphatic rings. The van der Waals surface area contributed by atoms with Crippen LogP contribution in [-0.2, 0) is 17.6 Å². The molecule has 1 aliphatic heterocycles. The average molecular weight is 478 g/mol. The first-order chi connectivity index (χ1) is 15.7. The fourth-order valence-corrected chi connectivity index (χ4v) is 7.47. The van der Waals surface area contributed by atoms with E-state index in [9.17, 15) is 9.59 Å². The smallest absolute Gasteiger partial charge is 0.260 e. The van der Waals surface area contributed by atoms with Crippen molar-refractivity contribution >= 4 is 62.4 Å². The Bertz CT molecular complexity index is 1380. The van der Waals surface area contributed by atoms with Crippen LogP contribution in [0.15, 0.2) is 68.3 Å². The molecule has 6 rings (SSSR count). The summed E-state index contributed by atoms with van der Waals surface area (Å²) in [6.45, 7) is 0. The Morgan fingerprint density at radius 3 is 2.47 bits per heavy atom. The van der Waals surface area contributed by atoms with Crippen LogP contribution in [0.4, 0.5) is 11.4 Å². The Hall–Kier alpha value is -2.55. The molecule has 160 valence electrons. The predicted octanol–water partition coefficient (Wildman–Crippen LogP) is 5.79. The van der Waals surface area contributed by atoms with E-state index in [1.165, 1.54) is 28.6 Å². The number of carbonyl (C=O) groups is 1. The lowest BCUT2D eigenvalue weighted by Crippen LogP contribution is -2.30. The van der Waals surface area contributed by atoms with E-state index in [4.69, 9.17) is 4.98 Å². The van der Waals surface area contributed by atoms with Crippen molar-refractivity contribution in [3.63, 3.8) is 0 Å². The molecule has 1 amide bonds. The molecule has 2 aromatic carbocycles. The monoisotopic (exact) mass is 477 g/mol. The first-order valence-electron chi connectivity index (χ1n) is 10.6. The third-order valence-electron chi connectivity index (χ3n) is 5.82. The molecule has 0 unspecified atom stereocenters. The summed E-state index contributed by atoms with van der Waals surface area (Å²) < 4.78 is 0. The van der Waals surface area contributed by atoms with Gasteiger partial charge in [-0.3, -0.25) is 14.5 Å². The van der Waals surface area contributed by atoms with Gasteiger partial charge in [0.1, 0.15) is 4.83 Å². The number of aromatic amines is 1. The van der Waals surface area contributed by atoms with Crippen molar-refractivity contribution in [3.8, 4) is 0 Å². The molecule has 4 aromatic rings. The van der Waals surface area contributed by atoms with Crippen LogP contribution in [0.2, 0.25) is 0 Å². The van der Waals surface area contributed by atoms with E-state index in [0.717, 1.165) is 50.6 Å². The van der Waals surface area contributed by atoms with E-state index in [-0.39, 0.29) is 17.2 Å². The topological polar surface area (TPSA) is 66.1 Å². The van der Waals surface area contributed by atoms with Crippen molar-refractivity contribution in [1.82, 2.24) is 9.97 Å². The summed E-state index contributed by atoms with van der Waals surface area (Å²) in [5.41, 5.74) is 2.88. The van der Waals surface area contributed by atoms with Gasteiger partial charge in [0, 0.05) is 14.7 Å². The number of para-hydroxylation sites is 2.